The summed E-state index contributed by atoms with van der Waals surface area (Å²) in [6.45, 7) is 5.91. The average Bonchev–Trinajstić information content (AvgIpc) is 3.24. The minimum absolute atomic E-state index is 0.0417. The lowest BCUT2D eigenvalue weighted by atomic mass is 9.79. The predicted molar refractivity (Wildman–Crippen MR) is 146 cm³/mol. The Hall–Kier alpha value is -3.25. The van der Waals surface area contributed by atoms with E-state index in [1.165, 1.54) is 0 Å². The summed E-state index contributed by atoms with van der Waals surface area (Å²) in [6, 6.07) is 6.08. The Morgan fingerprint density at radius 2 is 1.89 bits per heavy atom. The van der Waals surface area contributed by atoms with E-state index in [4.69, 9.17) is 25.7 Å². The SMILES string of the molecule is CCCOc1cc(OCCCC(=O)O)cc2c3c(n(CCCCCCCC#N)c12)C(C)CCC3C(=O)NN. The number of aromatic nitrogens is 1. The predicted octanol–water partition coefficient (Wildman–Crippen LogP) is 5.51. The van der Waals surface area contributed by atoms with Crippen molar-refractivity contribution >= 4 is 22.8 Å². The van der Waals surface area contributed by atoms with E-state index in [0.717, 1.165) is 79.4 Å². The molecule has 208 valence electrons. The highest BCUT2D eigenvalue weighted by atomic mass is 16.5. The standard InChI is InChI=1S/C29H42N4O5/c1-3-16-38-24-19-21(37-17-10-11-25(34)35)18-23-26-22(29(36)32-31)13-12-20(2)27(26)33(28(23)24)15-9-7-5-4-6-8-14-30/h18-20,22H,3-13,15-17,31H2,1-2H3,(H,32,36)(H,34,35). The van der Waals surface area contributed by atoms with Gasteiger partial charge in [0.05, 0.1) is 30.7 Å². The number of fused-ring (bicyclic) bond motifs is 3. The number of nitrogens with one attached hydrogen (secondary N) is 1. The lowest BCUT2D eigenvalue weighted by Gasteiger charge is -2.28. The second-order valence-corrected chi connectivity index (χ2v) is 10.2. The molecule has 4 N–H and O–H groups in total. The third kappa shape index (κ3) is 7.19. The minimum atomic E-state index is -0.850. The number of hydrogen-bond donors (Lipinski definition) is 3. The normalized spacial score (nSPS) is 16.6. The lowest BCUT2D eigenvalue weighted by molar-refractivity contribution is -0.137. The number of aliphatic carboxylic acids is 1. The van der Waals surface area contributed by atoms with Crippen LogP contribution in [0, 0.1) is 11.3 Å². The summed E-state index contributed by atoms with van der Waals surface area (Å²) in [5.41, 5.74) is 5.50. The van der Waals surface area contributed by atoms with Crippen LogP contribution in [0.5, 0.6) is 11.5 Å². The molecule has 0 saturated carbocycles. The Morgan fingerprint density at radius 1 is 1.13 bits per heavy atom. The van der Waals surface area contributed by atoms with Crippen molar-refractivity contribution in [3.05, 3.63) is 23.4 Å². The van der Waals surface area contributed by atoms with E-state index in [9.17, 15) is 9.59 Å². The van der Waals surface area contributed by atoms with Crippen LogP contribution in [0.25, 0.3) is 10.9 Å². The van der Waals surface area contributed by atoms with Gasteiger partial charge in [0.1, 0.15) is 11.5 Å². The van der Waals surface area contributed by atoms with Crippen molar-refractivity contribution in [3.8, 4) is 17.6 Å². The maximum absolute atomic E-state index is 12.9. The number of nitrogens with zero attached hydrogens (tertiary/aromatic N) is 2. The summed E-state index contributed by atoms with van der Waals surface area (Å²) < 4.78 is 14.6. The van der Waals surface area contributed by atoms with E-state index in [1.54, 1.807) is 0 Å². The number of amides is 1. The van der Waals surface area contributed by atoms with E-state index in [1.807, 2.05) is 12.1 Å². The highest BCUT2D eigenvalue weighted by molar-refractivity contribution is 5.97. The molecule has 1 aliphatic rings. The molecule has 0 spiro atoms. The summed E-state index contributed by atoms with van der Waals surface area (Å²) in [4.78, 5) is 23.8. The van der Waals surface area contributed by atoms with Gasteiger partial charge in [0.15, 0.2) is 0 Å². The van der Waals surface area contributed by atoms with Crippen LogP contribution in [0.1, 0.15) is 108 Å². The number of carbonyl (C=O) groups is 2. The zero-order chi connectivity index (χ0) is 27.5. The molecule has 0 radical (unpaired) electrons. The number of carboxylic acids is 1. The van der Waals surface area contributed by atoms with Crippen LogP contribution in [0.15, 0.2) is 12.1 Å². The maximum Gasteiger partial charge on any atom is 0.303 e. The number of benzene rings is 1. The van der Waals surface area contributed by atoms with Crippen LogP contribution in [0.4, 0.5) is 0 Å². The highest BCUT2D eigenvalue weighted by Gasteiger charge is 2.36. The Kier molecular flexibility index (Phi) is 11.3. The van der Waals surface area contributed by atoms with Gasteiger partial charge in [0, 0.05) is 36.5 Å². The van der Waals surface area contributed by atoms with E-state index in [-0.39, 0.29) is 30.8 Å². The molecule has 38 heavy (non-hydrogen) atoms. The number of carbonyl (C=O) groups excluding carboxylic acids is 1. The second-order valence-electron chi connectivity index (χ2n) is 10.2. The molecule has 1 aliphatic carbocycles. The number of unbranched alkanes of at least 4 members (excludes halogenated alkanes) is 5. The van der Waals surface area contributed by atoms with Gasteiger partial charge in [-0.1, -0.05) is 33.1 Å². The molecule has 2 unspecified atom stereocenters. The van der Waals surface area contributed by atoms with Crippen LogP contribution in [-0.2, 0) is 16.1 Å². The van der Waals surface area contributed by atoms with Crippen molar-refractivity contribution in [1.29, 1.82) is 5.26 Å². The van der Waals surface area contributed by atoms with Crippen molar-refractivity contribution in [2.45, 2.75) is 103 Å². The fraction of sp³-hybridized carbons (Fsp3) is 0.621. The van der Waals surface area contributed by atoms with Gasteiger partial charge in [-0.25, -0.2) is 5.84 Å². The largest absolute Gasteiger partial charge is 0.493 e. The number of nitrogens with two attached hydrogens (primary N) is 1. The molecular formula is C29H42N4O5. The second kappa shape index (κ2) is 14.6. The van der Waals surface area contributed by atoms with E-state index >= 15 is 0 Å². The van der Waals surface area contributed by atoms with E-state index in [2.05, 4.69) is 29.9 Å². The first-order valence-electron chi connectivity index (χ1n) is 14.0. The maximum atomic E-state index is 12.9. The van der Waals surface area contributed by atoms with Crippen LogP contribution in [0.2, 0.25) is 0 Å². The molecule has 9 heteroatoms. The first kappa shape index (κ1) is 29.3. The molecule has 1 aromatic heterocycles. The molecule has 0 aliphatic heterocycles. The van der Waals surface area contributed by atoms with Crippen molar-refractivity contribution in [2.75, 3.05) is 13.2 Å². The topological polar surface area (TPSA) is 140 Å². The van der Waals surface area contributed by atoms with Gasteiger partial charge in [-0.2, -0.15) is 5.26 Å². The molecule has 1 aromatic carbocycles. The number of ether oxygens (including phenoxy) is 2. The molecule has 0 saturated heterocycles. The molecule has 2 atom stereocenters. The quantitative estimate of drug-likeness (QED) is 0.113. The Balaban J connectivity index is 2.04. The van der Waals surface area contributed by atoms with Crippen molar-refractivity contribution in [2.24, 2.45) is 5.84 Å². The van der Waals surface area contributed by atoms with Gasteiger partial charge in [0.2, 0.25) is 5.91 Å². The van der Waals surface area contributed by atoms with Crippen LogP contribution in [0.3, 0.4) is 0 Å². The molecular weight excluding hydrogens is 484 g/mol. The number of rotatable bonds is 16. The van der Waals surface area contributed by atoms with Gasteiger partial charge in [-0.05, 0) is 56.1 Å². The third-order valence-corrected chi connectivity index (χ3v) is 7.27. The molecule has 1 amide bonds. The van der Waals surface area contributed by atoms with Gasteiger partial charge in [-0.15, -0.1) is 0 Å². The van der Waals surface area contributed by atoms with E-state index < -0.39 is 5.97 Å². The zero-order valence-electron chi connectivity index (χ0n) is 22.8. The highest BCUT2D eigenvalue weighted by Crippen LogP contribution is 2.48. The molecule has 0 fully saturated rings. The molecule has 3 rings (SSSR count). The fourth-order valence-electron chi connectivity index (χ4n) is 5.48. The molecule has 2 aromatic rings. The summed E-state index contributed by atoms with van der Waals surface area (Å²) in [5, 5.41) is 18.7. The Bertz CT molecular complexity index is 1140. The van der Waals surface area contributed by atoms with Crippen LogP contribution in [-0.4, -0.2) is 34.8 Å². The molecule has 9 nitrogen and oxygen atoms in total. The van der Waals surface area contributed by atoms with Gasteiger partial charge in [0.25, 0.3) is 0 Å². The van der Waals surface area contributed by atoms with Crippen molar-refractivity contribution < 1.29 is 24.2 Å². The minimum Gasteiger partial charge on any atom is -0.493 e. The first-order chi connectivity index (χ1) is 18.4. The smallest absolute Gasteiger partial charge is 0.303 e. The fourth-order valence-corrected chi connectivity index (χ4v) is 5.48. The summed E-state index contributed by atoms with van der Waals surface area (Å²) in [6.07, 6.45) is 8.64. The monoisotopic (exact) mass is 526 g/mol. The first-order valence-corrected chi connectivity index (χ1v) is 14.0. The summed E-state index contributed by atoms with van der Waals surface area (Å²) >= 11 is 0. The molecule has 0 bridgehead atoms. The number of hydrogen-bond acceptors (Lipinski definition) is 6. The van der Waals surface area contributed by atoms with Gasteiger partial charge >= 0.3 is 5.97 Å². The van der Waals surface area contributed by atoms with Gasteiger partial charge in [-0.3, -0.25) is 15.0 Å². The number of carboxylic acid groups (broad SMARTS) is 1. The zero-order valence-corrected chi connectivity index (χ0v) is 22.8. The summed E-state index contributed by atoms with van der Waals surface area (Å²) in [7, 11) is 0. The Labute approximate surface area is 225 Å². The van der Waals surface area contributed by atoms with E-state index in [0.29, 0.717) is 31.6 Å². The number of aryl methyl sites for hydroxylation is 1. The molecule has 1 heterocycles. The van der Waals surface area contributed by atoms with Gasteiger partial charge < -0.3 is 19.1 Å². The third-order valence-electron chi connectivity index (χ3n) is 7.27. The average molecular weight is 527 g/mol. The van der Waals surface area contributed by atoms with Crippen molar-refractivity contribution in [3.63, 3.8) is 0 Å². The lowest BCUT2D eigenvalue weighted by Crippen LogP contribution is -2.36. The van der Waals surface area contributed by atoms with Crippen molar-refractivity contribution in [1.82, 2.24) is 9.99 Å². The van der Waals surface area contributed by atoms with Crippen LogP contribution < -0.4 is 20.7 Å². The summed E-state index contributed by atoms with van der Waals surface area (Å²) in [5.74, 6) is 5.80. The number of hydrazine groups is 1. The number of nitriles is 1. The van der Waals surface area contributed by atoms with Crippen LogP contribution >= 0.6 is 0 Å². The Morgan fingerprint density at radius 3 is 2.61 bits per heavy atom.